The van der Waals surface area contributed by atoms with Crippen LogP contribution >= 0.6 is 11.6 Å². The third-order valence-corrected chi connectivity index (χ3v) is 3.67. The summed E-state index contributed by atoms with van der Waals surface area (Å²) in [4.78, 5) is 14.0. The number of halogens is 1. The third kappa shape index (κ3) is 4.22. The minimum atomic E-state index is 0.201. The third-order valence-electron chi connectivity index (χ3n) is 3.43. The first-order chi connectivity index (χ1) is 9.16. The predicted molar refractivity (Wildman–Crippen MR) is 76.4 cm³/mol. The van der Waals surface area contributed by atoms with Gasteiger partial charge in [0.15, 0.2) is 0 Å². The molecule has 4 heteroatoms. The van der Waals surface area contributed by atoms with Crippen LogP contribution in [0.15, 0.2) is 24.3 Å². The molecule has 1 saturated heterocycles. The topological polar surface area (TPSA) is 29.5 Å². The van der Waals surface area contributed by atoms with Crippen LogP contribution in [0.4, 0.5) is 0 Å². The van der Waals surface area contributed by atoms with E-state index in [1.54, 1.807) is 0 Å². The molecule has 1 aliphatic heterocycles. The molecule has 0 aromatic heterocycles. The molecule has 3 nitrogen and oxygen atoms in total. The number of carbonyl (C=O) groups is 1. The van der Waals surface area contributed by atoms with Crippen LogP contribution in [-0.2, 0) is 16.0 Å². The lowest BCUT2D eigenvalue weighted by Crippen LogP contribution is -2.47. The number of rotatable bonds is 4. The molecule has 1 aromatic rings. The van der Waals surface area contributed by atoms with E-state index < -0.39 is 0 Å². The molecule has 104 valence electrons. The van der Waals surface area contributed by atoms with E-state index in [1.807, 2.05) is 36.1 Å². The van der Waals surface area contributed by atoms with Gasteiger partial charge in [-0.05, 0) is 37.5 Å². The summed E-state index contributed by atoms with van der Waals surface area (Å²) in [7, 11) is 0. The first-order valence-electron chi connectivity index (χ1n) is 6.78. The summed E-state index contributed by atoms with van der Waals surface area (Å²) in [5.74, 6) is 0.234. The standard InChI is InChI=1S/C15H20ClNO2/c1-12-11-19-9-8-17(12)15(18)7-3-5-13-4-2-6-14(16)10-13/h2,4,6,10,12H,3,5,7-9,11H2,1H3. The minimum absolute atomic E-state index is 0.201. The van der Waals surface area contributed by atoms with Crippen molar-refractivity contribution in [2.24, 2.45) is 0 Å². The molecule has 0 saturated carbocycles. The molecule has 0 aliphatic carbocycles. The van der Waals surface area contributed by atoms with Gasteiger partial charge in [-0.25, -0.2) is 0 Å². The maximum absolute atomic E-state index is 12.1. The normalized spacial score (nSPS) is 19.5. The van der Waals surface area contributed by atoms with Crippen molar-refractivity contribution < 1.29 is 9.53 Å². The maximum atomic E-state index is 12.1. The van der Waals surface area contributed by atoms with Gasteiger partial charge in [-0.15, -0.1) is 0 Å². The van der Waals surface area contributed by atoms with Gasteiger partial charge in [0.1, 0.15) is 0 Å². The van der Waals surface area contributed by atoms with Crippen LogP contribution in [0, 0.1) is 0 Å². The van der Waals surface area contributed by atoms with Gasteiger partial charge in [0.2, 0.25) is 5.91 Å². The van der Waals surface area contributed by atoms with Crippen molar-refractivity contribution in [1.29, 1.82) is 0 Å². The van der Waals surface area contributed by atoms with Crippen LogP contribution in [0.25, 0.3) is 0 Å². The molecule has 19 heavy (non-hydrogen) atoms. The van der Waals surface area contributed by atoms with Crippen molar-refractivity contribution in [3.63, 3.8) is 0 Å². The van der Waals surface area contributed by atoms with Crippen LogP contribution in [-0.4, -0.2) is 36.6 Å². The number of hydrogen-bond acceptors (Lipinski definition) is 2. The Morgan fingerprint density at radius 1 is 1.53 bits per heavy atom. The average molecular weight is 282 g/mol. The van der Waals surface area contributed by atoms with Crippen LogP contribution < -0.4 is 0 Å². The van der Waals surface area contributed by atoms with E-state index in [2.05, 4.69) is 0 Å². The van der Waals surface area contributed by atoms with Gasteiger partial charge in [-0.2, -0.15) is 0 Å². The first-order valence-corrected chi connectivity index (χ1v) is 7.16. The molecule has 1 atom stereocenters. The van der Waals surface area contributed by atoms with E-state index in [0.29, 0.717) is 19.6 Å². The number of nitrogens with zero attached hydrogens (tertiary/aromatic N) is 1. The van der Waals surface area contributed by atoms with Crippen molar-refractivity contribution >= 4 is 17.5 Å². The number of ether oxygens (including phenoxy) is 1. The number of carbonyl (C=O) groups excluding carboxylic acids is 1. The number of benzene rings is 1. The highest BCUT2D eigenvalue weighted by molar-refractivity contribution is 6.30. The van der Waals surface area contributed by atoms with Gasteiger partial charge in [0.05, 0.1) is 19.3 Å². The van der Waals surface area contributed by atoms with Crippen molar-refractivity contribution in [3.05, 3.63) is 34.9 Å². The van der Waals surface area contributed by atoms with Gasteiger partial charge in [0.25, 0.3) is 0 Å². The van der Waals surface area contributed by atoms with E-state index in [-0.39, 0.29) is 11.9 Å². The fraction of sp³-hybridized carbons (Fsp3) is 0.533. The highest BCUT2D eigenvalue weighted by Gasteiger charge is 2.22. The van der Waals surface area contributed by atoms with E-state index >= 15 is 0 Å². The summed E-state index contributed by atoms with van der Waals surface area (Å²) in [5, 5.41) is 0.755. The fourth-order valence-electron chi connectivity index (χ4n) is 2.38. The molecule has 0 N–H and O–H groups in total. The van der Waals surface area contributed by atoms with Crippen molar-refractivity contribution in [2.75, 3.05) is 19.8 Å². The molecule has 1 aromatic carbocycles. The zero-order chi connectivity index (χ0) is 13.7. The summed E-state index contributed by atoms with van der Waals surface area (Å²) >= 11 is 5.94. The van der Waals surface area contributed by atoms with Gasteiger partial charge in [0, 0.05) is 18.0 Å². The van der Waals surface area contributed by atoms with E-state index in [4.69, 9.17) is 16.3 Å². The largest absolute Gasteiger partial charge is 0.377 e. The van der Waals surface area contributed by atoms with E-state index in [9.17, 15) is 4.79 Å². The first kappa shape index (κ1) is 14.4. The Morgan fingerprint density at radius 3 is 3.11 bits per heavy atom. The second-order valence-corrected chi connectivity index (χ2v) is 5.43. The maximum Gasteiger partial charge on any atom is 0.222 e. The highest BCUT2D eigenvalue weighted by atomic mass is 35.5. The van der Waals surface area contributed by atoms with Gasteiger partial charge in [-0.1, -0.05) is 23.7 Å². The summed E-state index contributed by atoms with van der Waals surface area (Å²) in [6, 6.07) is 8.03. The SMILES string of the molecule is CC1COCCN1C(=O)CCCc1cccc(Cl)c1. The molecular weight excluding hydrogens is 262 g/mol. The molecule has 2 rings (SSSR count). The molecule has 1 heterocycles. The zero-order valence-corrected chi connectivity index (χ0v) is 12.0. The van der Waals surface area contributed by atoms with Crippen LogP contribution in [0.1, 0.15) is 25.3 Å². The second kappa shape index (κ2) is 6.92. The Labute approximate surface area is 119 Å². The molecule has 1 amide bonds. The van der Waals surface area contributed by atoms with Crippen molar-refractivity contribution in [1.82, 2.24) is 4.90 Å². The van der Waals surface area contributed by atoms with Crippen LogP contribution in [0.5, 0.6) is 0 Å². The number of aryl methyl sites for hydroxylation is 1. The van der Waals surface area contributed by atoms with E-state index in [0.717, 1.165) is 24.4 Å². The van der Waals surface area contributed by atoms with E-state index in [1.165, 1.54) is 5.56 Å². The monoisotopic (exact) mass is 281 g/mol. The zero-order valence-electron chi connectivity index (χ0n) is 11.3. The Balaban J connectivity index is 1.77. The lowest BCUT2D eigenvalue weighted by molar-refractivity contribution is -0.139. The van der Waals surface area contributed by atoms with Crippen molar-refractivity contribution in [3.8, 4) is 0 Å². The summed E-state index contributed by atoms with van der Waals surface area (Å²) in [6.45, 7) is 4.07. The number of morpholine rings is 1. The smallest absolute Gasteiger partial charge is 0.222 e. The predicted octanol–water partition coefficient (Wildman–Crippen LogP) is 2.91. The summed E-state index contributed by atoms with van der Waals surface area (Å²) < 4.78 is 5.34. The minimum Gasteiger partial charge on any atom is -0.377 e. The molecule has 0 spiro atoms. The quantitative estimate of drug-likeness (QED) is 0.849. The highest BCUT2D eigenvalue weighted by Crippen LogP contribution is 2.14. The molecular formula is C15H20ClNO2. The Hall–Kier alpha value is -1.06. The Bertz CT molecular complexity index is 436. The Kier molecular flexibility index (Phi) is 5.23. The van der Waals surface area contributed by atoms with Crippen molar-refractivity contribution in [2.45, 2.75) is 32.2 Å². The lowest BCUT2D eigenvalue weighted by Gasteiger charge is -2.33. The van der Waals surface area contributed by atoms with Gasteiger partial charge in [-0.3, -0.25) is 4.79 Å². The summed E-state index contributed by atoms with van der Waals surface area (Å²) in [5.41, 5.74) is 1.19. The summed E-state index contributed by atoms with van der Waals surface area (Å²) in [6.07, 6.45) is 2.35. The molecule has 0 bridgehead atoms. The molecule has 1 fully saturated rings. The van der Waals surface area contributed by atoms with Gasteiger partial charge >= 0.3 is 0 Å². The van der Waals surface area contributed by atoms with Crippen LogP contribution in [0.2, 0.25) is 5.02 Å². The van der Waals surface area contributed by atoms with Crippen LogP contribution in [0.3, 0.4) is 0 Å². The molecule has 1 aliphatic rings. The lowest BCUT2D eigenvalue weighted by atomic mass is 10.1. The molecule has 0 radical (unpaired) electrons. The Morgan fingerprint density at radius 2 is 2.37 bits per heavy atom. The number of amides is 1. The van der Waals surface area contributed by atoms with Gasteiger partial charge < -0.3 is 9.64 Å². The fourth-order valence-corrected chi connectivity index (χ4v) is 2.59. The number of hydrogen-bond donors (Lipinski definition) is 0. The molecule has 1 unspecified atom stereocenters. The average Bonchev–Trinajstić information content (AvgIpc) is 2.39. The second-order valence-electron chi connectivity index (χ2n) is 4.99.